The molecule has 17 heavy (non-hydrogen) atoms. The van der Waals surface area contributed by atoms with Crippen LogP contribution >= 0.6 is 0 Å². The molecule has 1 N–H and O–H groups in total. The van der Waals surface area contributed by atoms with Gasteiger partial charge in [-0.3, -0.25) is 4.79 Å². The van der Waals surface area contributed by atoms with Crippen molar-refractivity contribution >= 4 is 28.4 Å². The fourth-order valence-corrected chi connectivity index (χ4v) is 2.00. The van der Waals surface area contributed by atoms with Gasteiger partial charge >= 0.3 is 6.03 Å². The molecule has 2 aromatic carbocycles. The molecule has 3 amide bonds. The minimum Gasteiger partial charge on any atom is -0.328 e. The van der Waals surface area contributed by atoms with Crippen molar-refractivity contribution in [3.05, 3.63) is 42.5 Å². The van der Waals surface area contributed by atoms with Gasteiger partial charge in [0.05, 0.1) is 12.2 Å². The van der Waals surface area contributed by atoms with Crippen LogP contribution in [0.5, 0.6) is 0 Å². The zero-order valence-electron chi connectivity index (χ0n) is 9.01. The number of urea groups is 1. The average molecular weight is 226 g/mol. The smallest absolute Gasteiger partial charge is 0.328 e. The van der Waals surface area contributed by atoms with Gasteiger partial charge in [-0.1, -0.05) is 30.3 Å². The molecule has 1 saturated heterocycles. The van der Waals surface area contributed by atoms with E-state index in [9.17, 15) is 9.59 Å². The molecule has 0 atom stereocenters. The summed E-state index contributed by atoms with van der Waals surface area (Å²) >= 11 is 0. The summed E-state index contributed by atoms with van der Waals surface area (Å²) in [5.74, 6) is -0.217. The van der Waals surface area contributed by atoms with E-state index in [2.05, 4.69) is 5.32 Å². The van der Waals surface area contributed by atoms with Crippen LogP contribution in [-0.2, 0) is 4.79 Å². The molecule has 1 aliphatic heterocycles. The maximum Gasteiger partial charge on any atom is 0.329 e. The Balaban J connectivity index is 2.12. The van der Waals surface area contributed by atoms with Gasteiger partial charge in [0.2, 0.25) is 0 Å². The molecular formula is C13H10N2O2. The van der Waals surface area contributed by atoms with Crippen LogP contribution < -0.4 is 10.2 Å². The van der Waals surface area contributed by atoms with Gasteiger partial charge in [-0.25, -0.2) is 9.69 Å². The lowest BCUT2D eigenvalue weighted by atomic mass is 10.1. The highest BCUT2D eigenvalue weighted by atomic mass is 16.2. The minimum absolute atomic E-state index is 0.0751. The Kier molecular flexibility index (Phi) is 2.08. The van der Waals surface area contributed by atoms with E-state index in [1.165, 1.54) is 4.90 Å². The fraction of sp³-hybridized carbons (Fsp3) is 0.0769. The molecule has 0 bridgehead atoms. The maximum absolute atomic E-state index is 11.6. The zero-order valence-corrected chi connectivity index (χ0v) is 9.01. The summed E-state index contributed by atoms with van der Waals surface area (Å²) in [4.78, 5) is 24.3. The van der Waals surface area contributed by atoms with Gasteiger partial charge in [0.15, 0.2) is 0 Å². The fourth-order valence-electron chi connectivity index (χ4n) is 2.00. The number of nitrogens with zero attached hydrogens (tertiary/aromatic N) is 1. The number of anilines is 1. The maximum atomic E-state index is 11.6. The summed E-state index contributed by atoms with van der Waals surface area (Å²) < 4.78 is 0. The molecule has 1 heterocycles. The van der Waals surface area contributed by atoms with Crippen LogP contribution in [0.2, 0.25) is 0 Å². The summed E-state index contributed by atoms with van der Waals surface area (Å²) in [5, 5.41) is 4.60. The second kappa shape index (κ2) is 3.59. The van der Waals surface area contributed by atoms with Gasteiger partial charge in [0, 0.05) is 0 Å². The highest BCUT2D eigenvalue weighted by Gasteiger charge is 2.29. The van der Waals surface area contributed by atoms with E-state index >= 15 is 0 Å². The van der Waals surface area contributed by atoms with Gasteiger partial charge in [-0.2, -0.15) is 0 Å². The predicted molar refractivity (Wildman–Crippen MR) is 64.8 cm³/mol. The van der Waals surface area contributed by atoms with Gasteiger partial charge < -0.3 is 5.32 Å². The molecule has 2 aromatic rings. The summed E-state index contributed by atoms with van der Waals surface area (Å²) in [6, 6.07) is 13.0. The number of carbonyl (C=O) groups is 2. The molecule has 0 spiro atoms. The van der Waals surface area contributed by atoms with Crippen molar-refractivity contribution in [2.75, 3.05) is 11.4 Å². The lowest BCUT2D eigenvalue weighted by Gasteiger charge is -2.12. The summed E-state index contributed by atoms with van der Waals surface area (Å²) in [5.41, 5.74) is 0.615. The van der Waals surface area contributed by atoms with Crippen molar-refractivity contribution < 1.29 is 9.59 Å². The van der Waals surface area contributed by atoms with Crippen LogP contribution in [0, 0.1) is 0 Å². The van der Waals surface area contributed by atoms with Crippen molar-refractivity contribution in [2.24, 2.45) is 0 Å². The van der Waals surface area contributed by atoms with Crippen LogP contribution in [-0.4, -0.2) is 18.5 Å². The van der Waals surface area contributed by atoms with E-state index in [-0.39, 0.29) is 18.5 Å². The van der Waals surface area contributed by atoms with Crippen molar-refractivity contribution in [1.29, 1.82) is 0 Å². The zero-order chi connectivity index (χ0) is 11.8. The molecule has 0 radical (unpaired) electrons. The molecule has 1 aliphatic rings. The Labute approximate surface area is 97.8 Å². The molecule has 0 unspecified atom stereocenters. The minimum atomic E-state index is -0.356. The number of amides is 3. The van der Waals surface area contributed by atoms with E-state index in [4.69, 9.17) is 0 Å². The quantitative estimate of drug-likeness (QED) is 0.755. The largest absolute Gasteiger partial charge is 0.329 e. The van der Waals surface area contributed by atoms with Crippen LogP contribution in [0.1, 0.15) is 0 Å². The second-order valence-electron chi connectivity index (χ2n) is 3.92. The predicted octanol–water partition coefficient (Wildman–Crippen LogP) is 1.90. The second-order valence-corrected chi connectivity index (χ2v) is 3.92. The number of hydrogen-bond acceptors (Lipinski definition) is 2. The third-order valence-corrected chi connectivity index (χ3v) is 2.83. The number of hydrogen-bond donors (Lipinski definition) is 1. The SMILES string of the molecule is O=C1CNC(=O)N1c1ccc2ccccc2c1. The summed E-state index contributed by atoms with van der Waals surface area (Å²) in [6.45, 7) is 0.0751. The highest BCUT2D eigenvalue weighted by molar-refractivity contribution is 6.20. The van der Waals surface area contributed by atoms with Crippen molar-refractivity contribution in [3.8, 4) is 0 Å². The molecular weight excluding hydrogens is 216 g/mol. The van der Waals surface area contributed by atoms with Gasteiger partial charge in [-0.15, -0.1) is 0 Å². The van der Waals surface area contributed by atoms with E-state index in [0.717, 1.165) is 10.8 Å². The Morgan fingerprint density at radius 3 is 2.47 bits per heavy atom. The third-order valence-electron chi connectivity index (χ3n) is 2.83. The summed E-state index contributed by atoms with van der Waals surface area (Å²) in [7, 11) is 0. The standard InChI is InChI=1S/C13H10N2O2/c16-12-8-14-13(17)15(12)11-6-5-9-3-1-2-4-10(9)7-11/h1-7H,8H2,(H,14,17). The van der Waals surface area contributed by atoms with E-state index in [0.29, 0.717) is 5.69 Å². The van der Waals surface area contributed by atoms with Crippen LogP contribution in [0.25, 0.3) is 10.8 Å². The van der Waals surface area contributed by atoms with Gasteiger partial charge in [0.1, 0.15) is 0 Å². The molecule has 84 valence electrons. The van der Waals surface area contributed by atoms with Crippen LogP contribution in [0.15, 0.2) is 42.5 Å². The Bertz CT molecular complexity index is 606. The Morgan fingerprint density at radius 1 is 1.00 bits per heavy atom. The monoisotopic (exact) mass is 226 g/mol. The van der Waals surface area contributed by atoms with E-state index in [1.54, 1.807) is 6.07 Å². The number of imide groups is 1. The lowest BCUT2D eigenvalue weighted by molar-refractivity contribution is -0.115. The topological polar surface area (TPSA) is 49.4 Å². The first-order valence-corrected chi connectivity index (χ1v) is 5.35. The number of nitrogens with one attached hydrogen (secondary N) is 1. The molecule has 4 nitrogen and oxygen atoms in total. The molecule has 4 heteroatoms. The van der Waals surface area contributed by atoms with Crippen molar-refractivity contribution in [1.82, 2.24) is 5.32 Å². The van der Waals surface area contributed by atoms with E-state index in [1.807, 2.05) is 36.4 Å². The normalized spacial score (nSPS) is 15.4. The number of benzene rings is 2. The third kappa shape index (κ3) is 1.54. The summed E-state index contributed by atoms with van der Waals surface area (Å²) in [6.07, 6.45) is 0. The van der Waals surface area contributed by atoms with Gasteiger partial charge in [-0.05, 0) is 22.9 Å². The first-order valence-electron chi connectivity index (χ1n) is 5.35. The molecule has 3 rings (SSSR count). The lowest BCUT2D eigenvalue weighted by Crippen LogP contribution is -2.30. The Morgan fingerprint density at radius 2 is 1.76 bits per heavy atom. The number of fused-ring (bicyclic) bond motifs is 1. The first kappa shape index (κ1) is 9.84. The average Bonchev–Trinajstić information content (AvgIpc) is 2.68. The Hall–Kier alpha value is -2.36. The number of rotatable bonds is 1. The molecule has 0 saturated carbocycles. The van der Waals surface area contributed by atoms with Crippen molar-refractivity contribution in [2.45, 2.75) is 0 Å². The number of carbonyl (C=O) groups excluding carboxylic acids is 2. The van der Waals surface area contributed by atoms with E-state index < -0.39 is 0 Å². The van der Waals surface area contributed by atoms with Crippen LogP contribution in [0.3, 0.4) is 0 Å². The molecule has 0 aromatic heterocycles. The molecule has 0 aliphatic carbocycles. The van der Waals surface area contributed by atoms with Crippen molar-refractivity contribution in [3.63, 3.8) is 0 Å². The first-order chi connectivity index (χ1) is 8.25. The molecule has 1 fully saturated rings. The van der Waals surface area contributed by atoms with Gasteiger partial charge in [0.25, 0.3) is 5.91 Å². The van der Waals surface area contributed by atoms with Crippen LogP contribution in [0.4, 0.5) is 10.5 Å². The highest BCUT2D eigenvalue weighted by Crippen LogP contribution is 2.23.